The van der Waals surface area contributed by atoms with Crippen molar-refractivity contribution in [1.82, 2.24) is 9.88 Å². The second-order valence-corrected chi connectivity index (χ2v) is 5.50. The number of anilines is 1. The number of pyridine rings is 1. The minimum atomic E-state index is 0.534. The molecule has 1 unspecified atom stereocenters. The second kappa shape index (κ2) is 6.87. The monoisotopic (exact) mass is 263 g/mol. The molecule has 0 aliphatic carbocycles. The first-order valence-corrected chi connectivity index (χ1v) is 7.16. The molecule has 1 N–H and O–H groups in total. The predicted octanol–water partition coefficient (Wildman–Crippen LogP) is 2.16. The summed E-state index contributed by atoms with van der Waals surface area (Å²) < 4.78 is 5.43. The quantitative estimate of drug-likeness (QED) is 0.883. The molecule has 0 radical (unpaired) electrons. The molecule has 1 fully saturated rings. The lowest BCUT2D eigenvalue weighted by Crippen LogP contribution is -2.49. The van der Waals surface area contributed by atoms with Gasteiger partial charge in [-0.15, -0.1) is 0 Å². The highest BCUT2D eigenvalue weighted by atomic mass is 16.5. The van der Waals surface area contributed by atoms with Crippen molar-refractivity contribution >= 4 is 5.82 Å². The van der Waals surface area contributed by atoms with E-state index in [4.69, 9.17) is 4.74 Å². The van der Waals surface area contributed by atoms with E-state index in [2.05, 4.69) is 29.0 Å². The van der Waals surface area contributed by atoms with Crippen molar-refractivity contribution < 1.29 is 4.74 Å². The van der Waals surface area contributed by atoms with Crippen molar-refractivity contribution in [3.63, 3.8) is 0 Å². The minimum absolute atomic E-state index is 0.534. The van der Waals surface area contributed by atoms with E-state index >= 15 is 0 Å². The zero-order valence-corrected chi connectivity index (χ0v) is 12.2. The van der Waals surface area contributed by atoms with E-state index in [9.17, 15) is 0 Å². The fourth-order valence-electron chi connectivity index (χ4n) is 2.55. The van der Waals surface area contributed by atoms with Crippen LogP contribution in [0.25, 0.3) is 0 Å². The van der Waals surface area contributed by atoms with Crippen LogP contribution in [0.2, 0.25) is 0 Å². The van der Waals surface area contributed by atoms with E-state index in [0.717, 1.165) is 44.4 Å². The Morgan fingerprint density at radius 1 is 1.32 bits per heavy atom. The van der Waals surface area contributed by atoms with Gasteiger partial charge in [0.25, 0.3) is 0 Å². The van der Waals surface area contributed by atoms with Crippen LogP contribution < -0.4 is 5.32 Å². The molecular weight excluding hydrogens is 238 g/mol. The van der Waals surface area contributed by atoms with Crippen molar-refractivity contribution in [3.05, 3.63) is 23.9 Å². The molecule has 1 atom stereocenters. The number of rotatable bonds is 5. The Morgan fingerprint density at radius 3 is 2.68 bits per heavy atom. The lowest BCUT2D eigenvalue weighted by atomic mass is 10.0. The second-order valence-electron chi connectivity index (χ2n) is 5.50. The topological polar surface area (TPSA) is 37.4 Å². The van der Waals surface area contributed by atoms with Crippen LogP contribution in [0.5, 0.6) is 0 Å². The Balaban J connectivity index is 1.93. The van der Waals surface area contributed by atoms with Gasteiger partial charge in [0, 0.05) is 31.4 Å². The zero-order valence-electron chi connectivity index (χ0n) is 12.2. The van der Waals surface area contributed by atoms with E-state index in [1.807, 2.05) is 25.1 Å². The molecule has 0 spiro atoms. The van der Waals surface area contributed by atoms with Crippen LogP contribution in [-0.4, -0.2) is 48.8 Å². The summed E-state index contributed by atoms with van der Waals surface area (Å²) in [6.07, 6.45) is 0. The smallest absolute Gasteiger partial charge is 0.126 e. The van der Waals surface area contributed by atoms with E-state index in [1.165, 1.54) is 0 Å². The number of morpholine rings is 1. The molecule has 1 aliphatic rings. The first-order chi connectivity index (χ1) is 9.16. The Bertz CT molecular complexity index is 389. The maximum Gasteiger partial charge on any atom is 0.126 e. The Kier molecular flexibility index (Phi) is 5.16. The summed E-state index contributed by atoms with van der Waals surface area (Å²) in [4.78, 5) is 7.02. The number of hydrogen-bond donors (Lipinski definition) is 1. The molecule has 1 saturated heterocycles. The molecule has 106 valence electrons. The number of nitrogens with one attached hydrogen (secondary N) is 1. The highest BCUT2D eigenvalue weighted by molar-refractivity contribution is 5.35. The fourth-order valence-corrected chi connectivity index (χ4v) is 2.55. The van der Waals surface area contributed by atoms with Gasteiger partial charge in [-0.05, 0) is 25.0 Å². The van der Waals surface area contributed by atoms with Crippen LogP contribution in [0, 0.1) is 12.8 Å². The molecule has 0 bridgehead atoms. The fraction of sp³-hybridized carbons (Fsp3) is 0.667. The number of aromatic nitrogens is 1. The first-order valence-electron chi connectivity index (χ1n) is 7.16. The zero-order chi connectivity index (χ0) is 13.7. The molecule has 1 aromatic rings. The van der Waals surface area contributed by atoms with Gasteiger partial charge in [0.15, 0.2) is 0 Å². The Hall–Kier alpha value is -1.13. The maximum atomic E-state index is 5.43. The molecular formula is C15H25N3O. The van der Waals surface area contributed by atoms with Gasteiger partial charge in [-0.25, -0.2) is 4.98 Å². The molecule has 4 nitrogen and oxygen atoms in total. The van der Waals surface area contributed by atoms with Crippen molar-refractivity contribution in [2.75, 3.05) is 38.2 Å². The van der Waals surface area contributed by atoms with Crippen LogP contribution in [0.1, 0.15) is 19.5 Å². The van der Waals surface area contributed by atoms with E-state index in [-0.39, 0.29) is 0 Å². The van der Waals surface area contributed by atoms with Crippen LogP contribution in [-0.2, 0) is 4.74 Å². The Morgan fingerprint density at radius 2 is 2.05 bits per heavy atom. The third-order valence-electron chi connectivity index (χ3n) is 3.66. The van der Waals surface area contributed by atoms with Crippen molar-refractivity contribution in [1.29, 1.82) is 0 Å². The van der Waals surface area contributed by atoms with E-state index < -0.39 is 0 Å². The molecule has 0 amide bonds. The molecule has 2 rings (SSSR count). The summed E-state index contributed by atoms with van der Waals surface area (Å²) in [6.45, 7) is 11.3. The minimum Gasteiger partial charge on any atom is -0.379 e. The average Bonchev–Trinajstić information content (AvgIpc) is 2.40. The van der Waals surface area contributed by atoms with Gasteiger partial charge in [-0.1, -0.05) is 19.9 Å². The summed E-state index contributed by atoms with van der Waals surface area (Å²) >= 11 is 0. The summed E-state index contributed by atoms with van der Waals surface area (Å²) in [6, 6.07) is 6.63. The molecule has 0 saturated carbocycles. The lowest BCUT2D eigenvalue weighted by molar-refractivity contribution is 0.00953. The van der Waals surface area contributed by atoms with E-state index in [0.29, 0.717) is 12.0 Å². The summed E-state index contributed by atoms with van der Waals surface area (Å²) in [5.74, 6) is 1.59. The van der Waals surface area contributed by atoms with Gasteiger partial charge in [0.05, 0.1) is 13.2 Å². The number of aryl methyl sites for hydroxylation is 1. The summed E-state index contributed by atoms with van der Waals surface area (Å²) in [5.41, 5.74) is 1.05. The van der Waals surface area contributed by atoms with Gasteiger partial charge in [-0.2, -0.15) is 0 Å². The normalized spacial score (nSPS) is 18.5. The summed E-state index contributed by atoms with van der Waals surface area (Å²) in [7, 11) is 0. The number of ether oxygens (including phenoxy) is 1. The van der Waals surface area contributed by atoms with Gasteiger partial charge in [-0.3, -0.25) is 4.90 Å². The summed E-state index contributed by atoms with van der Waals surface area (Å²) in [5, 5.41) is 3.47. The third kappa shape index (κ3) is 4.18. The molecule has 2 heterocycles. The third-order valence-corrected chi connectivity index (χ3v) is 3.66. The van der Waals surface area contributed by atoms with Crippen molar-refractivity contribution in [3.8, 4) is 0 Å². The van der Waals surface area contributed by atoms with Crippen molar-refractivity contribution in [2.24, 2.45) is 5.92 Å². The number of hydrogen-bond acceptors (Lipinski definition) is 4. The maximum absolute atomic E-state index is 5.43. The standard InChI is InChI=1S/C15H25N3O/c1-12(2)14(18-7-9-19-10-8-18)11-16-15-6-4-5-13(3)17-15/h4-6,12,14H,7-11H2,1-3H3,(H,16,17). The molecule has 0 aromatic carbocycles. The first kappa shape index (κ1) is 14.3. The highest BCUT2D eigenvalue weighted by Crippen LogP contribution is 2.14. The van der Waals surface area contributed by atoms with Crippen LogP contribution in [0.15, 0.2) is 18.2 Å². The average molecular weight is 263 g/mol. The van der Waals surface area contributed by atoms with Gasteiger partial charge >= 0.3 is 0 Å². The largest absolute Gasteiger partial charge is 0.379 e. The van der Waals surface area contributed by atoms with Crippen LogP contribution in [0.4, 0.5) is 5.82 Å². The predicted molar refractivity (Wildman–Crippen MR) is 78.5 cm³/mol. The van der Waals surface area contributed by atoms with Crippen LogP contribution >= 0.6 is 0 Å². The van der Waals surface area contributed by atoms with Crippen LogP contribution in [0.3, 0.4) is 0 Å². The Labute approximate surface area is 116 Å². The van der Waals surface area contributed by atoms with Gasteiger partial charge < -0.3 is 10.1 Å². The molecule has 1 aromatic heterocycles. The lowest BCUT2D eigenvalue weighted by Gasteiger charge is -2.37. The molecule has 4 heteroatoms. The van der Waals surface area contributed by atoms with Gasteiger partial charge in [0.2, 0.25) is 0 Å². The van der Waals surface area contributed by atoms with E-state index in [1.54, 1.807) is 0 Å². The SMILES string of the molecule is Cc1cccc(NCC(C(C)C)N2CCOCC2)n1. The highest BCUT2D eigenvalue weighted by Gasteiger charge is 2.23. The molecule has 1 aliphatic heterocycles. The molecule has 19 heavy (non-hydrogen) atoms. The number of nitrogens with zero attached hydrogens (tertiary/aromatic N) is 2. The van der Waals surface area contributed by atoms with Crippen molar-refractivity contribution in [2.45, 2.75) is 26.8 Å². The van der Waals surface area contributed by atoms with Gasteiger partial charge in [0.1, 0.15) is 5.82 Å².